The molecule has 0 spiro atoms. The number of piperidine rings is 1. The lowest BCUT2D eigenvalue weighted by molar-refractivity contribution is -0.141. The van der Waals surface area contributed by atoms with Crippen molar-refractivity contribution >= 4 is 15.8 Å². The summed E-state index contributed by atoms with van der Waals surface area (Å²) in [5.41, 5.74) is -0.913. The highest BCUT2D eigenvalue weighted by atomic mass is 32.2. The van der Waals surface area contributed by atoms with Gasteiger partial charge in [-0.15, -0.1) is 0 Å². The molecule has 130 valence electrons. The first-order valence-corrected chi connectivity index (χ1v) is 9.23. The normalized spacial score (nSPS) is 17.7. The van der Waals surface area contributed by atoms with Gasteiger partial charge in [-0.1, -0.05) is 13.0 Å². The molecule has 1 fully saturated rings. The summed E-state index contributed by atoms with van der Waals surface area (Å²) >= 11 is 0. The molecule has 2 rings (SSSR count). The van der Waals surface area contributed by atoms with Crippen molar-refractivity contribution in [1.29, 1.82) is 0 Å². The molecule has 0 bridgehead atoms. The lowest BCUT2D eigenvalue weighted by Gasteiger charge is -2.37. The molecule has 1 aromatic rings. The summed E-state index contributed by atoms with van der Waals surface area (Å²) in [7, 11) is -3.27. The van der Waals surface area contributed by atoms with E-state index in [1.165, 1.54) is 16.6 Å². The highest BCUT2D eigenvalue weighted by Gasteiger charge is 2.34. The van der Waals surface area contributed by atoms with Crippen LogP contribution < -0.4 is 4.90 Å². The molecule has 1 aliphatic rings. The van der Waals surface area contributed by atoms with Gasteiger partial charge in [0.1, 0.15) is 11.5 Å². The molecule has 0 radical (unpaired) electrons. The molecule has 1 saturated heterocycles. The van der Waals surface area contributed by atoms with Crippen LogP contribution in [0.3, 0.4) is 0 Å². The van der Waals surface area contributed by atoms with Crippen molar-refractivity contribution in [3.63, 3.8) is 0 Å². The highest BCUT2D eigenvalue weighted by Crippen LogP contribution is 2.30. The molecule has 0 amide bonds. The van der Waals surface area contributed by atoms with Gasteiger partial charge in [-0.05, 0) is 25.0 Å². The molecular formula is C14H20F3N3O2S. The average Bonchev–Trinajstić information content (AvgIpc) is 2.46. The molecule has 0 aliphatic carbocycles. The van der Waals surface area contributed by atoms with Gasteiger partial charge in [-0.25, -0.2) is 13.4 Å². The Labute approximate surface area is 134 Å². The van der Waals surface area contributed by atoms with E-state index >= 15 is 0 Å². The molecule has 0 aromatic carbocycles. The second-order valence-corrected chi connectivity index (χ2v) is 7.50. The van der Waals surface area contributed by atoms with Crippen LogP contribution in [0.2, 0.25) is 0 Å². The van der Waals surface area contributed by atoms with Gasteiger partial charge in [-0.3, -0.25) is 0 Å². The minimum Gasteiger partial charge on any atom is -0.356 e. The predicted octanol–water partition coefficient (Wildman–Crippen LogP) is 2.35. The third-order valence-corrected chi connectivity index (χ3v) is 5.37. The van der Waals surface area contributed by atoms with Crippen LogP contribution in [-0.4, -0.2) is 49.6 Å². The molecule has 23 heavy (non-hydrogen) atoms. The van der Waals surface area contributed by atoms with E-state index in [0.717, 1.165) is 6.07 Å². The third kappa shape index (κ3) is 4.35. The number of halogens is 3. The molecule has 1 aliphatic heterocycles. The number of rotatable bonds is 4. The molecule has 0 unspecified atom stereocenters. The number of anilines is 1. The summed E-state index contributed by atoms with van der Waals surface area (Å²) in [6, 6.07) is 3.71. The Morgan fingerprint density at radius 2 is 1.91 bits per heavy atom. The van der Waals surface area contributed by atoms with Crippen molar-refractivity contribution in [2.75, 3.05) is 30.8 Å². The number of aromatic nitrogens is 1. The first kappa shape index (κ1) is 18.0. The number of sulfonamides is 1. The van der Waals surface area contributed by atoms with Gasteiger partial charge < -0.3 is 4.90 Å². The third-order valence-electron chi connectivity index (χ3n) is 3.96. The maximum atomic E-state index is 12.7. The number of hydrogen-bond donors (Lipinski definition) is 0. The maximum Gasteiger partial charge on any atom is 0.433 e. The van der Waals surface area contributed by atoms with Gasteiger partial charge in [0.2, 0.25) is 10.0 Å². The van der Waals surface area contributed by atoms with E-state index < -0.39 is 21.9 Å². The Morgan fingerprint density at radius 3 is 2.39 bits per heavy atom. The van der Waals surface area contributed by atoms with Crippen molar-refractivity contribution in [2.45, 2.75) is 32.0 Å². The SMILES string of the molecule is CCN(C1CCN(c2cccc(C(F)(F)F)n2)CC1)S(C)(=O)=O. The summed E-state index contributed by atoms with van der Waals surface area (Å²) in [6.45, 7) is 3.13. The first-order chi connectivity index (χ1) is 10.6. The fraction of sp³-hybridized carbons (Fsp3) is 0.643. The van der Waals surface area contributed by atoms with E-state index in [9.17, 15) is 21.6 Å². The van der Waals surface area contributed by atoms with Crippen molar-refractivity contribution in [2.24, 2.45) is 0 Å². The highest BCUT2D eigenvalue weighted by molar-refractivity contribution is 7.88. The molecule has 1 aromatic heterocycles. The fourth-order valence-electron chi connectivity index (χ4n) is 2.90. The lowest BCUT2D eigenvalue weighted by atomic mass is 10.1. The van der Waals surface area contributed by atoms with Gasteiger partial charge in [0.05, 0.1) is 6.26 Å². The van der Waals surface area contributed by atoms with Crippen LogP contribution in [0.4, 0.5) is 19.0 Å². The Kier molecular flexibility index (Phi) is 5.20. The Morgan fingerprint density at radius 1 is 1.30 bits per heavy atom. The fourth-order valence-corrected chi connectivity index (χ4v) is 4.13. The minimum absolute atomic E-state index is 0.114. The van der Waals surface area contributed by atoms with Gasteiger partial charge in [0.25, 0.3) is 0 Å². The van der Waals surface area contributed by atoms with Gasteiger partial charge in [-0.2, -0.15) is 17.5 Å². The van der Waals surface area contributed by atoms with Crippen LogP contribution in [0.1, 0.15) is 25.5 Å². The summed E-state index contributed by atoms with van der Waals surface area (Å²) in [5.74, 6) is 0.278. The van der Waals surface area contributed by atoms with E-state index in [4.69, 9.17) is 0 Å². The number of pyridine rings is 1. The summed E-state index contributed by atoms with van der Waals surface area (Å²) in [5, 5.41) is 0. The zero-order chi connectivity index (χ0) is 17.3. The van der Waals surface area contributed by atoms with E-state index in [-0.39, 0.29) is 11.9 Å². The number of hydrogen-bond acceptors (Lipinski definition) is 4. The van der Waals surface area contributed by atoms with Crippen LogP contribution in [0.15, 0.2) is 18.2 Å². The van der Waals surface area contributed by atoms with Gasteiger partial charge in [0, 0.05) is 25.7 Å². The standard InChI is InChI=1S/C14H20F3N3O2S/c1-3-20(23(2,21)22)11-7-9-19(10-8-11)13-6-4-5-12(18-13)14(15,16)17/h4-6,11H,3,7-10H2,1-2H3. The van der Waals surface area contributed by atoms with Crippen LogP contribution in [0.5, 0.6) is 0 Å². The maximum absolute atomic E-state index is 12.7. The van der Waals surface area contributed by atoms with Crippen molar-refractivity contribution in [3.8, 4) is 0 Å². The molecule has 0 N–H and O–H groups in total. The summed E-state index contributed by atoms with van der Waals surface area (Å²) in [4.78, 5) is 5.44. The zero-order valence-electron chi connectivity index (χ0n) is 13.0. The molecule has 5 nitrogen and oxygen atoms in total. The predicted molar refractivity (Wildman–Crippen MR) is 81.7 cm³/mol. The summed E-state index contributed by atoms with van der Waals surface area (Å²) < 4.78 is 63.1. The summed E-state index contributed by atoms with van der Waals surface area (Å²) in [6.07, 6.45) is -2.15. The van der Waals surface area contributed by atoms with E-state index in [0.29, 0.717) is 32.5 Å². The quantitative estimate of drug-likeness (QED) is 0.836. The lowest BCUT2D eigenvalue weighted by Crippen LogP contribution is -2.47. The minimum atomic E-state index is -4.47. The topological polar surface area (TPSA) is 53.5 Å². The largest absolute Gasteiger partial charge is 0.433 e. The first-order valence-electron chi connectivity index (χ1n) is 7.39. The van der Waals surface area contributed by atoms with Crippen LogP contribution in [-0.2, 0) is 16.2 Å². The molecule has 0 saturated carbocycles. The number of nitrogens with zero attached hydrogens (tertiary/aromatic N) is 3. The van der Waals surface area contributed by atoms with Crippen molar-refractivity contribution in [1.82, 2.24) is 9.29 Å². The van der Waals surface area contributed by atoms with Crippen LogP contribution >= 0.6 is 0 Å². The van der Waals surface area contributed by atoms with E-state index in [2.05, 4.69) is 4.98 Å². The second-order valence-electron chi connectivity index (χ2n) is 5.56. The number of alkyl halides is 3. The van der Waals surface area contributed by atoms with Crippen molar-refractivity contribution in [3.05, 3.63) is 23.9 Å². The average molecular weight is 351 g/mol. The zero-order valence-corrected chi connectivity index (χ0v) is 13.9. The van der Waals surface area contributed by atoms with Gasteiger partial charge >= 0.3 is 6.18 Å². The Hall–Kier alpha value is -1.35. The Balaban J connectivity index is 2.08. The molecule has 9 heteroatoms. The smallest absolute Gasteiger partial charge is 0.356 e. The van der Waals surface area contributed by atoms with E-state index in [1.807, 2.05) is 0 Å². The molecular weight excluding hydrogens is 331 g/mol. The van der Waals surface area contributed by atoms with Crippen LogP contribution in [0, 0.1) is 0 Å². The monoisotopic (exact) mass is 351 g/mol. The second kappa shape index (κ2) is 6.64. The van der Waals surface area contributed by atoms with Crippen molar-refractivity contribution < 1.29 is 21.6 Å². The molecule has 0 atom stereocenters. The molecule has 2 heterocycles. The van der Waals surface area contributed by atoms with Crippen LogP contribution in [0.25, 0.3) is 0 Å². The van der Waals surface area contributed by atoms with Gasteiger partial charge in [0.15, 0.2) is 0 Å². The Bertz CT molecular complexity index is 641. The van der Waals surface area contributed by atoms with E-state index in [1.54, 1.807) is 17.9 Å².